The minimum Gasteiger partial charge on any atom is -0.481 e. The molecule has 1 aromatic rings. The topological polar surface area (TPSA) is 78.4 Å². The van der Waals surface area contributed by atoms with Crippen LogP contribution in [0, 0.1) is 0 Å². The third-order valence-corrected chi connectivity index (χ3v) is 2.88. The summed E-state index contributed by atoms with van der Waals surface area (Å²) in [5, 5.41) is 14.4. The first-order chi connectivity index (χ1) is 8.71. The van der Waals surface area contributed by atoms with E-state index in [0.29, 0.717) is 10.0 Å². The lowest BCUT2D eigenvalue weighted by atomic mass is 10.0. The first-order valence-electron chi connectivity index (χ1n) is 5.46. The molecule has 0 aliphatic rings. The van der Waals surface area contributed by atoms with Gasteiger partial charge in [-0.3, -0.25) is 4.79 Å². The number of carbonyl (C=O) groups is 2. The van der Waals surface area contributed by atoms with Crippen molar-refractivity contribution >= 4 is 40.9 Å². The number of urea groups is 1. The van der Waals surface area contributed by atoms with Crippen LogP contribution in [0.2, 0.25) is 10.0 Å². The van der Waals surface area contributed by atoms with Gasteiger partial charge in [-0.15, -0.1) is 0 Å². The number of carbonyl (C=O) groups excluding carboxylic acids is 1. The molecule has 7 heteroatoms. The quantitative estimate of drug-likeness (QED) is 0.798. The standard InChI is InChI=1S/C12H14Cl2N2O3/c1-12(2,6-9(17)18)16-11(19)15-10-7(13)4-3-5-8(10)14/h3-5H,6H2,1-2H3,(H,17,18)(H2,15,16,19). The minimum absolute atomic E-state index is 0.198. The Morgan fingerprint density at radius 3 is 2.26 bits per heavy atom. The Morgan fingerprint density at radius 2 is 1.79 bits per heavy atom. The molecule has 1 aromatic carbocycles. The molecule has 2 amide bonds. The third kappa shape index (κ3) is 4.96. The predicted octanol–water partition coefficient (Wildman–Crippen LogP) is 3.37. The van der Waals surface area contributed by atoms with E-state index >= 15 is 0 Å². The van der Waals surface area contributed by atoms with Crippen molar-refractivity contribution in [3.8, 4) is 0 Å². The van der Waals surface area contributed by atoms with Gasteiger partial charge >= 0.3 is 12.0 Å². The van der Waals surface area contributed by atoms with Crippen LogP contribution in [0.5, 0.6) is 0 Å². The Hall–Kier alpha value is -1.46. The second-order valence-electron chi connectivity index (χ2n) is 4.63. The molecule has 104 valence electrons. The maximum Gasteiger partial charge on any atom is 0.319 e. The van der Waals surface area contributed by atoms with Gasteiger partial charge in [0.15, 0.2) is 0 Å². The summed E-state index contributed by atoms with van der Waals surface area (Å²) in [6.45, 7) is 3.21. The van der Waals surface area contributed by atoms with E-state index < -0.39 is 17.5 Å². The Morgan fingerprint density at radius 1 is 1.26 bits per heavy atom. The van der Waals surface area contributed by atoms with Crippen molar-refractivity contribution in [1.82, 2.24) is 5.32 Å². The number of amides is 2. The van der Waals surface area contributed by atoms with Crippen LogP contribution in [0.3, 0.4) is 0 Å². The normalized spacial score (nSPS) is 10.9. The Bertz CT molecular complexity index is 483. The van der Waals surface area contributed by atoms with E-state index in [1.165, 1.54) is 0 Å². The van der Waals surface area contributed by atoms with Gasteiger partial charge in [0.2, 0.25) is 0 Å². The zero-order chi connectivity index (χ0) is 14.6. The second-order valence-corrected chi connectivity index (χ2v) is 5.44. The van der Waals surface area contributed by atoms with Crippen molar-refractivity contribution in [3.05, 3.63) is 28.2 Å². The molecule has 3 N–H and O–H groups in total. The number of aliphatic carboxylic acids is 1. The third-order valence-electron chi connectivity index (χ3n) is 2.25. The molecule has 0 saturated carbocycles. The molecule has 0 aliphatic carbocycles. The molecule has 0 spiro atoms. The first kappa shape index (κ1) is 15.6. The summed E-state index contributed by atoms with van der Waals surface area (Å²) < 4.78 is 0. The molecule has 0 aromatic heterocycles. The van der Waals surface area contributed by atoms with Gasteiger partial charge in [-0.25, -0.2) is 4.79 Å². The Labute approximate surface area is 120 Å². The van der Waals surface area contributed by atoms with Crippen LogP contribution in [0.1, 0.15) is 20.3 Å². The summed E-state index contributed by atoms with van der Waals surface area (Å²) in [6, 6.07) is 4.26. The second kappa shape index (κ2) is 6.12. The number of rotatable bonds is 4. The summed E-state index contributed by atoms with van der Waals surface area (Å²) in [4.78, 5) is 22.4. The number of para-hydroxylation sites is 1. The summed E-state index contributed by atoms with van der Waals surface area (Å²) >= 11 is 11.8. The summed E-state index contributed by atoms with van der Waals surface area (Å²) in [5.74, 6) is -0.999. The predicted molar refractivity (Wildman–Crippen MR) is 74.9 cm³/mol. The van der Waals surface area contributed by atoms with Gasteiger partial charge in [0.1, 0.15) is 0 Å². The number of carboxylic acids is 1. The monoisotopic (exact) mass is 304 g/mol. The van der Waals surface area contributed by atoms with E-state index in [4.69, 9.17) is 28.3 Å². The van der Waals surface area contributed by atoms with Crippen molar-refractivity contribution in [2.45, 2.75) is 25.8 Å². The number of hydrogen-bond acceptors (Lipinski definition) is 2. The van der Waals surface area contributed by atoms with Gasteiger partial charge in [-0.2, -0.15) is 0 Å². The van der Waals surface area contributed by atoms with Gasteiger partial charge in [0, 0.05) is 5.54 Å². The summed E-state index contributed by atoms with van der Waals surface area (Å²) in [5.41, 5.74) is -0.599. The van der Waals surface area contributed by atoms with Gasteiger partial charge in [0.25, 0.3) is 0 Å². The zero-order valence-corrected chi connectivity index (χ0v) is 12.0. The number of anilines is 1. The summed E-state index contributed by atoms with van der Waals surface area (Å²) in [7, 11) is 0. The van der Waals surface area contributed by atoms with E-state index in [0.717, 1.165) is 0 Å². The lowest BCUT2D eigenvalue weighted by Gasteiger charge is -2.24. The number of nitrogens with one attached hydrogen (secondary N) is 2. The molecule has 0 unspecified atom stereocenters. The average Bonchev–Trinajstić information content (AvgIpc) is 2.20. The Balaban J connectivity index is 2.73. The van der Waals surface area contributed by atoms with Crippen LogP contribution in [0.15, 0.2) is 18.2 Å². The maximum atomic E-state index is 11.8. The zero-order valence-electron chi connectivity index (χ0n) is 10.5. The SMILES string of the molecule is CC(C)(CC(=O)O)NC(=O)Nc1c(Cl)cccc1Cl. The molecular formula is C12H14Cl2N2O3. The van der Waals surface area contributed by atoms with Crippen LogP contribution in [-0.2, 0) is 4.79 Å². The van der Waals surface area contributed by atoms with E-state index in [1.807, 2.05) is 0 Å². The lowest BCUT2D eigenvalue weighted by Crippen LogP contribution is -2.46. The highest BCUT2D eigenvalue weighted by Crippen LogP contribution is 2.29. The average molecular weight is 305 g/mol. The Kier molecular flexibility index (Phi) is 5.03. The highest BCUT2D eigenvalue weighted by Gasteiger charge is 2.24. The minimum atomic E-state index is -0.999. The maximum absolute atomic E-state index is 11.8. The van der Waals surface area contributed by atoms with E-state index in [2.05, 4.69) is 10.6 Å². The van der Waals surface area contributed by atoms with E-state index in [9.17, 15) is 9.59 Å². The molecule has 0 fully saturated rings. The summed E-state index contributed by atoms with van der Waals surface area (Å²) in [6.07, 6.45) is -0.198. The molecule has 0 atom stereocenters. The number of halogens is 2. The first-order valence-corrected chi connectivity index (χ1v) is 6.22. The fourth-order valence-electron chi connectivity index (χ4n) is 1.49. The number of hydrogen-bond donors (Lipinski definition) is 3. The smallest absolute Gasteiger partial charge is 0.319 e. The van der Waals surface area contributed by atoms with Crippen molar-refractivity contribution in [2.24, 2.45) is 0 Å². The van der Waals surface area contributed by atoms with E-state index in [1.54, 1.807) is 32.0 Å². The van der Waals surface area contributed by atoms with Gasteiger partial charge in [-0.05, 0) is 26.0 Å². The van der Waals surface area contributed by atoms with Crippen molar-refractivity contribution in [3.63, 3.8) is 0 Å². The highest BCUT2D eigenvalue weighted by molar-refractivity contribution is 6.39. The van der Waals surface area contributed by atoms with Gasteiger partial charge < -0.3 is 15.7 Å². The fourth-order valence-corrected chi connectivity index (χ4v) is 1.98. The van der Waals surface area contributed by atoms with Crippen LogP contribution < -0.4 is 10.6 Å². The van der Waals surface area contributed by atoms with Crippen molar-refractivity contribution in [1.29, 1.82) is 0 Å². The van der Waals surface area contributed by atoms with Crippen molar-refractivity contribution < 1.29 is 14.7 Å². The molecule has 5 nitrogen and oxygen atoms in total. The molecule has 0 bridgehead atoms. The van der Waals surface area contributed by atoms with Crippen LogP contribution in [0.4, 0.5) is 10.5 Å². The van der Waals surface area contributed by atoms with Crippen molar-refractivity contribution in [2.75, 3.05) is 5.32 Å². The number of carboxylic acid groups (broad SMARTS) is 1. The molecule has 19 heavy (non-hydrogen) atoms. The molecule has 1 rings (SSSR count). The number of benzene rings is 1. The van der Waals surface area contributed by atoms with Gasteiger partial charge in [-0.1, -0.05) is 29.3 Å². The highest BCUT2D eigenvalue weighted by atomic mass is 35.5. The van der Waals surface area contributed by atoms with Gasteiger partial charge in [0.05, 0.1) is 22.2 Å². The molecule has 0 radical (unpaired) electrons. The van der Waals surface area contributed by atoms with E-state index in [-0.39, 0.29) is 12.1 Å². The molecule has 0 heterocycles. The van der Waals surface area contributed by atoms with Crippen LogP contribution >= 0.6 is 23.2 Å². The van der Waals surface area contributed by atoms with Crippen LogP contribution in [0.25, 0.3) is 0 Å². The fraction of sp³-hybridized carbons (Fsp3) is 0.333. The molecule has 0 saturated heterocycles. The molecular weight excluding hydrogens is 291 g/mol. The lowest BCUT2D eigenvalue weighted by molar-refractivity contribution is -0.138. The largest absolute Gasteiger partial charge is 0.481 e. The molecule has 0 aliphatic heterocycles. The van der Waals surface area contributed by atoms with Crippen LogP contribution in [-0.4, -0.2) is 22.6 Å².